The van der Waals surface area contributed by atoms with Gasteiger partial charge in [0.2, 0.25) is 5.91 Å². The Morgan fingerprint density at radius 1 is 1.59 bits per heavy atom. The van der Waals surface area contributed by atoms with Crippen LogP contribution < -0.4 is 10.6 Å². The summed E-state index contributed by atoms with van der Waals surface area (Å²) >= 11 is 8.27. The molecule has 1 aliphatic heterocycles. The van der Waals surface area contributed by atoms with Crippen LogP contribution in [0.25, 0.3) is 0 Å². The summed E-state index contributed by atoms with van der Waals surface area (Å²) in [6.45, 7) is 2.94. The molecule has 0 aliphatic carbocycles. The lowest BCUT2D eigenvalue weighted by Gasteiger charge is -2.15. The lowest BCUT2D eigenvalue weighted by molar-refractivity contribution is -0.119. The number of hydrogen-bond acceptors (Lipinski definition) is 2. The fourth-order valence-corrected chi connectivity index (χ4v) is 2.94. The zero-order chi connectivity index (χ0) is 12.4. The second-order valence-electron chi connectivity index (χ2n) is 4.25. The molecular weight excluding hydrogens is 351 g/mol. The minimum absolute atomic E-state index is 0.0327. The molecule has 1 saturated heterocycles. The van der Waals surface area contributed by atoms with Crippen molar-refractivity contribution in [3.8, 4) is 0 Å². The number of anilines is 1. The third-order valence-electron chi connectivity index (χ3n) is 3.05. The minimum atomic E-state index is 0.0327. The first kappa shape index (κ1) is 13.1. The lowest BCUT2D eigenvalue weighted by atomic mass is 10.0. The predicted octanol–water partition coefficient (Wildman–Crippen LogP) is 2.88. The zero-order valence-corrected chi connectivity index (χ0v) is 12.4. The van der Waals surface area contributed by atoms with Gasteiger partial charge in [-0.05, 0) is 60.7 Å². The molecular formula is C12H14ClIN2O. The van der Waals surface area contributed by atoms with Gasteiger partial charge < -0.3 is 10.6 Å². The summed E-state index contributed by atoms with van der Waals surface area (Å²) in [6, 6.07) is 5.85. The number of carbonyl (C=O) groups excluding carboxylic acids is 1. The summed E-state index contributed by atoms with van der Waals surface area (Å²) in [5.41, 5.74) is 0.691. The van der Waals surface area contributed by atoms with Crippen LogP contribution in [0, 0.1) is 9.49 Å². The van der Waals surface area contributed by atoms with Gasteiger partial charge >= 0.3 is 0 Å². The molecule has 1 amide bonds. The van der Waals surface area contributed by atoms with Crippen LogP contribution in [0.4, 0.5) is 5.69 Å². The smallest absolute Gasteiger partial charge is 0.229 e. The largest absolute Gasteiger partial charge is 0.324 e. The first-order valence-corrected chi connectivity index (χ1v) is 7.03. The Kier molecular flexibility index (Phi) is 4.27. The Labute approximate surface area is 119 Å². The van der Waals surface area contributed by atoms with E-state index >= 15 is 0 Å². The van der Waals surface area contributed by atoms with Gasteiger partial charge in [0.15, 0.2) is 0 Å². The molecule has 0 aromatic heterocycles. The van der Waals surface area contributed by atoms with E-state index in [1.165, 1.54) is 0 Å². The molecule has 0 spiro atoms. The number of amides is 1. The van der Waals surface area contributed by atoms with Crippen molar-refractivity contribution in [1.82, 2.24) is 5.32 Å². The number of benzene rings is 1. The van der Waals surface area contributed by atoms with Gasteiger partial charge in [0.05, 0.1) is 16.6 Å². The number of rotatable bonds is 2. The second-order valence-corrected chi connectivity index (χ2v) is 5.90. The van der Waals surface area contributed by atoms with Crippen LogP contribution in [0.3, 0.4) is 0 Å². The van der Waals surface area contributed by atoms with Gasteiger partial charge in [-0.3, -0.25) is 4.79 Å². The minimum Gasteiger partial charge on any atom is -0.324 e. The van der Waals surface area contributed by atoms with E-state index in [1.807, 2.05) is 25.1 Å². The van der Waals surface area contributed by atoms with E-state index in [0.717, 1.165) is 16.5 Å². The molecule has 2 unspecified atom stereocenters. The maximum Gasteiger partial charge on any atom is 0.229 e. The second kappa shape index (κ2) is 5.54. The monoisotopic (exact) mass is 364 g/mol. The molecule has 0 bridgehead atoms. The van der Waals surface area contributed by atoms with Gasteiger partial charge in [0.25, 0.3) is 0 Å². The van der Waals surface area contributed by atoms with Crippen LogP contribution in [0.2, 0.25) is 5.02 Å². The molecule has 0 radical (unpaired) electrons. The van der Waals surface area contributed by atoms with E-state index in [2.05, 4.69) is 33.2 Å². The molecule has 1 aromatic carbocycles. The standard InChI is InChI=1S/C12H14ClIN2O/c1-7-9(4-5-15-7)12(17)16-11-3-2-8(14)6-10(11)13/h2-3,6-7,9,15H,4-5H2,1H3,(H,16,17). The Hall–Kier alpha value is -0.330. The Balaban J connectivity index is 2.07. The van der Waals surface area contributed by atoms with Gasteiger partial charge in [-0.2, -0.15) is 0 Å². The molecule has 2 N–H and O–H groups in total. The highest BCUT2D eigenvalue weighted by atomic mass is 127. The molecule has 2 atom stereocenters. The molecule has 0 saturated carbocycles. The van der Waals surface area contributed by atoms with Crippen LogP contribution in [-0.4, -0.2) is 18.5 Å². The average Bonchev–Trinajstić information content (AvgIpc) is 2.68. The molecule has 17 heavy (non-hydrogen) atoms. The molecule has 5 heteroatoms. The summed E-state index contributed by atoms with van der Waals surface area (Å²) in [6.07, 6.45) is 0.884. The quantitative estimate of drug-likeness (QED) is 0.792. The summed E-state index contributed by atoms with van der Waals surface area (Å²) in [4.78, 5) is 12.1. The molecule has 2 rings (SSSR count). The van der Waals surface area contributed by atoms with E-state index < -0.39 is 0 Å². The van der Waals surface area contributed by atoms with Crippen LogP contribution in [0.15, 0.2) is 18.2 Å². The number of halogens is 2. The van der Waals surface area contributed by atoms with E-state index in [9.17, 15) is 4.79 Å². The fourth-order valence-electron chi connectivity index (χ4n) is 2.03. The molecule has 1 heterocycles. The number of carbonyl (C=O) groups is 1. The van der Waals surface area contributed by atoms with Gasteiger partial charge in [-0.25, -0.2) is 0 Å². The van der Waals surface area contributed by atoms with Gasteiger partial charge in [-0.15, -0.1) is 0 Å². The molecule has 1 aliphatic rings. The number of nitrogens with one attached hydrogen (secondary N) is 2. The fraction of sp³-hybridized carbons (Fsp3) is 0.417. The molecule has 1 aromatic rings. The van der Waals surface area contributed by atoms with Gasteiger partial charge in [0.1, 0.15) is 0 Å². The molecule has 3 nitrogen and oxygen atoms in total. The van der Waals surface area contributed by atoms with Crippen molar-refractivity contribution in [3.63, 3.8) is 0 Å². The Morgan fingerprint density at radius 3 is 2.94 bits per heavy atom. The SMILES string of the molecule is CC1NCCC1C(=O)Nc1ccc(I)cc1Cl. The van der Waals surface area contributed by atoms with Crippen molar-refractivity contribution >= 4 is 45.8 Å². The topological polar surface area (TPSA) is 41.1 Å². The third-order valence-corrected chi connectivity index (χ3v) is 4.03. The third kappa shape index (κ3) is 3.11. The van der Waals surface area contributed by atoms with Crippen molar-refractivity contribution in [2.24, 2.45) is 5.92 Å². The average molecular weight is 365 g/mol. The van der Waals surface area contributed by atoms with Crippen molar-refractivity contribution in [2.75, 3.05) is 11.9 Å². The van der Waals surface area contributed by atoms with E-state index in [1.54, 1.807) is 0 Å². The maximum absolute atomic E-state index is 12.1. The van der Waals surface area contributed by atoms with Gasteiger partial charge in [-0.1, -0.05) is 11.6 Å². The lowest BCUT2D eigenvalue weighted by Crippen LogP contribution is -2.32. The highest BCUT2D eigenvalue weighted by Gasteiger charge is 2.29. The van der Waals surface area contributed by atoms with E-state index in [0.29, 0.717) is 10.7 Å². The molecule has 1 fully saturated rings. The summed E-state index contributed by atoms with van der Waals surface area (Å²) in [5.74, 6) is 0.0796. The van der Waals surface area contributed by atoms with Crippen molar-refractivity contribution in [3.05, 3.63) is 26.8 Å². The zero-order valence-electron chi connectivity index (χ0n) is 9.47. The summed E-state index contributed by atoms with van der Waals surface area (Å²) < 4.78 is 1.06. The Morgan fingerprint density at radius 2 is 2.35 bits per heavy atom. The van der Waals surface area contributed by atoms with Crippen LogP contribution in [0.1, 0.15) is 13.3 Å². The number of hydrogen-bond donors (Lipinski definition) is 2. The Bertz CT molecular complexity index is 439. The van der Waals surface area contributed by atoms with Crippen molar-refractivity contribution in [1.29, 1.82) is 0 Å². The van der Waals surface area contributed by atoms with Crippen LogP contribution in [0.5, 0.6) is 0 Å². The van der Waals surface area contributed by atoms with Crippen LogP contribution in [-0.2, 0) is 4.79 Å². The summed E-state index contributed by atoms with van der Waals surface area (Å²) in [5, 5.41) is 6.75. The normalized spacial score (nSPS) is 23.7. The highest BCUT2D eigenvalue weighted by molar-refractivity contribution is 14.1. The van der Waals surface area contributed by atoms with Crippen molar-refractivity contribution in [2.45, 2.75) is 19.4 Å². The maximum atomic E-state index is 12.1. The predicted molar refractivity (Wildman–Crippen MR) is 78.4 cm³/mol. The van der Waals surface area contributed by atoms with Gasteiger partial charge in [0, 0.05) is 9.61 Å². The van der Waals surface area contributed by atoms with E-state index in [4.69, 9.17) is 11.6 Å². The van der Waals surface area contributed by atoms with E-state index in [-0.39, 0.29) is 17.9 Å². The summed E-state index contributed by atoms with van der Waals surface area (Å²) in [7, 11) is 0. The molecule has 92 valence electrons. The highest BCUT2D eigenvalue weighted by Crippen LogP contribution is 2.25. The first-order chi connectivity index (χ1) is 8.08. The van der Waals surface area contributed by atoms with Crippen LogP contribution >= 0.6 is 34.2 Å². The first-order valence-electron chi connectivity index (χ1n) is 5.57. The van der Waals surface area contributed by atoms with Crippen molar-refractivity contribution < 1.29 is 4.79 Å².